The molecule has 0 atom stereocenters. The van der Waals surface area contributed by atoms with E-state index in [-0.39, 0.29) is 10.6 Å². The highest BCUT2D eigenvalue weighted by molar-refractivity contribution is 5.88. The number of rotatable bonds is 3. The summed E-state index contributed by atoms with van der Waals surface area (Å²) in [5, 5.41) is 11.8. The Labute approximate surface area is 93.0 Å². The molecule has 0 spiro atoms. The van der Waals surface area contributed by atoms with Crippen LogP contribution in [0.15, 0.2) is 42.6 Å². The lowest BCUT2D eigenvalue weighted by molar-refractivity contribution is -0.383. The summed E-state index contributed by atoms with van der Waals surface area (Å²) in [5.41, 5.74) is 0.845. The molecule has 16 heavy (non-hydrogen) atoms. The van der Waals surface area contributed by atoms with E-state index in [0.29, 0.717) is 12.1 Å². The van der Waals surface area contributed by atoms with Crippen LogP contribution in [-0.4, -0.2) is 9.49 Å². The molecule has 1 heterocycles. The van der Waals surface area contributed by atoms with Gasteiger partial charge in [0.05, 0.1) is 4.92 Å². The summed E-state index contributed by atoms with van der Waals surface area (Å²) in [7, 11) is 0. The first-order chi connectivity index (χ1) is 7.74. The fraction of sp³-hybridized carbons (Fsp3) is 0.167. The lowest BCUT2D eigenvalue weighted by Gasteiger charge is -2.01. The van der Waals surface area contributed by atoms with Gasteiger partial charge in [-0.15, -0.1) is 0 Å². The fourth-order valence-electron chi connectivity index (χ4n) is 1.76. The third-order valence-corrected chi connectivity index (χ3v) is 2.50. The van der Waals surface area contributed by atoms with E-state index in [1.165, 1.54) is 6.07 Å². The van der Waals surface area contributed by atoms with Gasteiger partial charge in [-0.1, -0.05) is 24.3 Å². The lowest BCUT2D eigenvalue weighted by Crippen LogP contribution is -1.97. The molecular formula is C12H12N2O2. The maximum Gasteiger partial charge on any atom is 0.293 e. The van der Waals surface area contributed by atoms with Gasteiger partial charge in [0.25, 0.3) is 5.69 Å². The van der Waals surface area contributed by atoms with Gasteiger partial charge >= 0.3 is 0 Å². The normalized spacial score (nSPS) is 11.3. The van der Waals surface area contributed by atoms with E-state index in [1.54, 1.807) is 6.07 Å². The third-order valence-electron chi connectivity index (χ3n) is 2.50. The van der Waals surface area contributed by atoms with Crippen LogP contribution < -0.4 is 0 Å². The zero-order valence-electron chi connectivity index (χ0n) is 8.96. The van der Waals surface area contributed by atoms with Crippen molar-refractivity contribution in [1.82, 2.24) is 4.57 Å². The Kier molecular flexibility index (Phi) is 2.72. The first-order valence-corrected chi connectivity index (χ1v) is 5.07. The Morgan fingerprint density at radius 1 is 1.44 bits per heavy atom. The largest absolute Gasteiger partial charge is 0.338 e. The molecule has 0 aliphatic rings. The second kappa shape index (κ2) is 4.18. The van der Waals surface area contributed by atoms with Crippen molar-refractivity contribution < 1.29 is 4.92 Å². The average Bonchev–Trinajstić information content (AvgIpc) is 2.69. The summed E-state index contributed by atoms with van der Waals surface area (Å²) >= 11 is 0. The van der Waals surface area contributed by atoms with Gasteiger partial charge in [0, 0.05) is 24.2 Å². The SMILES string of the molecule is C/C=C/Cn1ccc2cccc([N+](=O)[O-])c21. The number of non-ortho nitro benzene ring substituents is 1. The number of fused-ring (bicyclic) bond motifs is 1. The summed E-state index contributed by atoms with van der Waals surface area (Å²) < 4.78 is 1.88. The summed E-state index contributed by atoms with van der Waals surface area (Å²) in [6.45, 7) is 2.59. The van der Waals surface area contributed by atoms with Crippen LogP contribution in [0.2, 0.25) is 0 Å². The molecule has 0 bridgehead atoms. The maximum absolute atomic E-state index is 10.9. The van der Waals surface area contributed by atoms with Crippen molar-refractivity contribution in [3.05, 3.63) is 52.7 Å². The molecule has 0 aliphatic heterocycles. The molecule has 0 radical (unpaired) electrons. The number of hydrogen-bond acceptors (Lipinski definition) is 2. The third kappa shape index (κ3) is 1.69. The van der Waals surface area contributed by atoms with Crippen LogP contribution >= 0.6 is 0 Å². The van der Waals surface area contributed by atoms with E-state index in [2.05, 4.69) is 0 Å². The highest BCUT2D eigenvalue weighted by Gasteiger charge is 2.14. The smallest absolute Gasteiger partial charge is 0.293 e. The van der Waals surface area contributed by atoms with E-state index in [9.17, 15) is 10.1 Å². The van der Waals surface area contributed by atoms with Gasteiger partial charge in [0.1, 0.15) is 5.52 Å². The van der Waals surface area contributed by atoms with Crippen molar-refractivity contribution in [2.45, 2.75) is 13.5 Å². The Morgan fingerprint density at radius 3 is 2.94 bits per heavy atom. The van der Waals surface area contributed by atoms with Gasteiger partial charge < -0.3 is 4.57 Å². The molecule has 82 valence electrons. The zero-order chi connectivity index (χ0) is 11.5. The van der Waals surface area contributed by atoms with Crippen LogP contribution in [0.5, 0.6) is 0 Å². The monoisotopic (exact) mass is 216 g/mol. The minimum atomic E-state index is -0.339. The van der Waals surface area contributed by atoms with E-state index >= 15 is 0 Å². The van der Waals surface area contributed by atoms with Crippen molar-refractivity contribution in [2.24, 2.45) is 0 Å². The molecule has 4 heteroatoms. The molecule has 0 fully saturated rings. The number of nitro groups is 1. The maximum atomic E-state index is 10.9. The van der Waals surface area contributed by atoms with Crippen molar-refractivity contribution in [3.8, 4) is 0 Å². The van der Waals surface area contributed by atoms with Gasteiger partial charge in [-0.05, 0) is 13.0 Å². The predicted octanol–water partition coefficient (Wildman–Crippen LogP) is 3.13. The number of aromatic nitrogens is 1. The van der Waals surface area contributed by atoms with Crippen molar-refractivity contribution >= 4 is 16.6 Å². The molecule has 0 N–H and O–H groups in total. The number of para-hydroxylation sites is 1. The average molecular weight is 216 g/mol. The molecule has 0 aliphatic carbocycles. The second-order valence-electron chi connectivity index (χ2n) is 3.51. The number of hydrogen-bond donors (Lipinski definition) is 0. The van der Waals surface area contributed by atoms with Gasteiger partial charge in [-0.2, -0.15) is 0 Å². The number of allylic oxidation sites excluding steroid dienone is 2. The molecule has 0 saturated carbocycles. The molecule has 0 amide bonds. The molecular weight excluding hydrogens is 204 g/mol. The molecule has 2 aromatic rings. The van der Waals surface area contributed by atoms with Gasteiger partial charge in [0.15, 0.2) is 0 Å². The second-order valence-corrected chi connectivity index (χ2v) is 3.51. The summed E-state index contributed by atoms with van der Waals surface area (Å²) in [6.07, 6.45) is 5.77. The van der Waals surface area contributed by atoms with E-state index in [4.69, 9.17) is 0 Å². The van der Waals surface area contributed by atoms with Crippen molar-refractivity contribution in [2.75, 3.05) is 0 Å². The van der Waals surface area contributed by atoms with Gasteiger partial charge in [-0.25, -0.2) is 0 Å². The lowest BCUT2D eigenvalue weighted by atomic mass is 10.2. The summed E-state index contributed by atoms with van der Waals surface area (Å²) in [4.78, 5) is 10.6. The van der Waals surface area contributed by atoms with Crippen LogP contribution in [0.3, 0.4) is 0 Å². The Morgan fingerprint density at radius 2 is 2.25 bits per heavy atom. The summed E-state index contributed by atoms with van der Waals surface area (Å²) in [5.74, 6) is 0. The van der Waals surface area contributed by atoms with Crippen LogP contribution in [0.25, 0.3) is 10.9 Å². The zero-order valence-corrected chi connectivity index (χ0v) is 8.96. The van der Waals surface area contributed by atoms with Crippen LogP contribution in [0, 0.1) is 10.1 Å². The first kappa shape index (κ1) is 10.4. The van der Waals surface area contributed by atoms with Crippen molar-refractivity contribution in [3.63, 3.8) is 0 Å². The molecule has 4 nitrogen and oxygen atoms in total. The van der Waals surface area contributed by atoms with Gasteiger partial charge in [-0.3, -0.25) is 10.1 Å². The standard InChI is InChI=1S/C12H12N2O2/c1-2-3-8-13-9-7-10-5-4-6-11(12(10)13)14(15)16/h2-7,9H,8H2,1H3/b3-2+. The Bertz CT molecular complexity index is 555. The topological polar surface area (TPSA) is 48.1 Å². The first-order valence-electron chi connectivity index (χ1n) is 5.07. The molecule has 1 aromatic heterocycles. The Balaban J connectivity index is 2.62. The van der Waals surface area contributed by atoms with Crippen LogP contribution in [0.1, 0.15) is 6.92 Å². The quantitative estimate of drug-likeness (QED) is 0.449. The highest BCUT2D eigenvalue weighted by Crippen LogP contribution is 2.26. The minimum absolute atomic E-state index is 0.159. The highest BCUT2D eigenvalue weighted by atomic mass is 16.6. The molecule has 0 unspecified atom stereocenters. The number of nitro benzene ring substituents is 1. The fourth-order valence-corrected chi connectivity index (χ4v) is 1.76. The van der Waals surface area contributed by atoms with E-state index < -0.39 is 0 Å². The number of nitrogens with zero attached hydrogens (tertiary/aromatic N) is 2. The molecule has 0 saturated heterocycles. The predicted molar refractivity (Wildman–Crippen MR) is 63.4 cm³/mol. The minimum Gasteiger partial charge on any atom is -0.338 e. The molecule has 1 aromatic carbocycles. The van der Waals surface area contributed by atoms with E-state index in [1.807, 2.05) is 42.0 Å². The number of benzene rings is 1. The van der Waals surface area contributed by atoms with Crippen LogP contribution in [-0.2, 0) is 6.54 Å². The van der Waals surface area contributed by atoms with Crippen molar-refractivity contribution in [1.29, 1.82) is 0 Å². The Hall–Kier alpha value is -2.10. The summed E-state index contributed by atoms with van der Waals surface area (Å²) in [6, 6.07) is 7.02. The van der Waals surface area contributed by atoms with Gasteiger partial charge in [0.2, 0.25) is 0 Å². The van der Waals surface area contributed by atoms with Crippen LogP contribution in [0.4, 0.5) is 5.69 Å². The molecule has 2 rings (SSSR count). The van der Waals surface area contributed by atoms with E-state index in [0.717, 1.165) is 5.39 Å².